The zero-order valence-corrected chi connectivity index (χ0v) is 19.0. The van der Waals surface area contributed by atoms with Gasteiger partial charge in [-0.2, -0.15) is 5.11 Å². The van der Waals surface area contributed by atoms with Crippen molar-refractivity contribution in [3.63, 3.8) is 0 Å². The molecule has 0 fully saturated rings. The molecule has 0 aliphatic carbocycles. The summed E-state index contributed by atoms with van der Waals surface area (Å²) in [5.41, 5.74) is 0.427. The number of hydrogen-bond acceptors (Lipinski definition) is 8. The number of carbonyl (C=O) groups is 2. The third kappa shape index (κ3) is 5.56. The average molecular weight is 470 g/mol. The number of halogens is 2. The number of rotatable bonds is 9. The number of Topliss-reactive ketones (excluding diaryl/α,β-unsaturated/α-hetero) is 1. The minimum Gasteiger partial charge on any atom is -0.494 e. The lowest BCUT2D eigenvalue weighted by Gasteiger charge is -2.16. The van der Waals surface area contributed by atoms with Crippen LogP contribution in [0.2, 0.25) is 10.0 Å². The van der Waals surface area contributed by atoms with E-state index in [1.54, 1.807) is 0 Å². The second-order valence-corrected chi connectivity index (χ2v) is 6.88. The van der Waals surface area contributed by atoms with Crippen LogP contribution in [0.1, 0.15) is 6.92 Å². The number of methoxy groups -OCH3 is 4. The quantitative estimate of drug-likeness (QED) is 0.420. The fourth-order valence-corrected chi connectivity index (χ4v) is 3.05. The molecule has 2 aromatic rings. The van der Waals surface area contributed by atoms with Gasteiger partial charge in [0.15, 0.2) is 34.5 Å². The number of ketones is 1. The molecule has 0 saturated carbocycles. The first-order valence-electron chi connectivity index (χ1n) is 8.81. The summed E-state index contributed by atoms with van der Waals surface area (Å²) in [6.07, 6.45) is 0. The van der Waals surface area contributed by atoms with Crippen molar-refractivity contribution in [1.29, 1.82) is 0 Å². The number of nitrogens with zero attached hydrogens (tertiary/aromatic N) is 2. The van der Waals surface area contributed by atoms with Gasteiger partial charge in [0, 0.05) is 17.2 Å². The molecular formula is C20H21Cl2N3O6. The first kappa shape index (κ1) is 24.2. The van der Waals surface area contributed by atoms with Gasteiger partial charge in [0.05, 0.1) is 39.1 Å². The van der Waals surface area contributed by atoms with E-state index in [-0.39, 0.29) is 34.4 Å². The van der Waals surface area contributed by atoms with Crippen LogP contribution in [0.5, 0.6) is 23.0 Å². The van der Waals surface area contributed by atoms with Gasteiger partial charge in [0.25, 0.3) is 5.91 Å². The molecule has 31 heavy (non-hydrogen) atoms. The molecule has 1 amide bonds. The zero-order valence-electron chi connectivity index (χ0n) is 17.5. The van der Waals surface area contributed by atoms with Crippen LogP contribution in [-0.2, 0) is 9.59 Å². The van der Waals surface area contributed by atoms with E-state index in [1.165, 1.54) is 59.6 Å². The Morgan fingerprint density at radius 1 is 0.935 bits per heavy atom. The maximum atomic E-state index is 12.8. The van der Waals surface area contributed by atoms with Gasteiger partial charge in [-0.1, -0.05) is 23.2 Å². The number of nitrogens with one attached hydrogen (secondary N) is 1. The number of anilines is 1. The molecule has 0 spiro atoms. The number of benzene rings is 2. The molecule has 0 saturated heterocycles. The first-order valence-corrected chi connectivity index (χ1v) is 9.57. The van der Waals surface area contributed by atoms with Crippen molar-refractivity contribution >= 4 is 46.3 Å². The number of azo groups is 1. The zero-order chi connectivity index (χ0) is 23.1. The first-order chi connectivity index (χ1) is 14.8. The highest BCUT2D eigenvalue weighted by Gasteiger charge is 2.26. The molecule has 1 unspecified atom stereocenters. The fourth-order valence-electron chi connectivity index (χ4n) is 2.62. The van der Waals surface area contributed by atoms with E-state index in [0.29, 0.717) is 10.0 Å². The van der Waals surface area contributed by atoms with Gasteiger partial charge in [-0.05, 0) is 19.1 Å². The van der Waals surface area contributed by atoms with Gasteiger partial charge >= 0.3 is 0 Å². The Morgan fingerprint density at radius 2 is 1.52 bits per heavy atom. The highest BCUT2D eigenvalue weighted by molar-refractivity contribution is 6.32. The van der Waals surface area contributed by atoms with Crippen LogP contribution < -0.4 is 24.3 Å². The second kappa shape index (κ2) is 10.8. The third-order valence-corrected chi connectivity index (χ3v) is 4.60. The largest absolute Gasteiger partial charge is 0.494 e. The third-order valence-electron chi connectivity index (χ3n) is 4.08. The fraction of sp³-hybridized carbons (Fsp3) is 0.300. The van der Waals surface area contributed by atoms with Crippen LogP contribution in [0.25, 0.3) is 0 Å². The Morgan fingerprint density at radius 3 is 2.00 bits per heavy atom. The summed E-state index contributed by atoms with van der Waals surface area (Å²) in [5, 5.41) is 11.2. The smallest absolute Gasteiger partial charge is 0.258 e. The van der Waals surface area contributed by atoms with Crippen molar-refractivity contribution < 1.29 is 28.5 Å². The van der Waals surface area contributed by atoms with Crippen molar-refractivity contribution in [2.45, 2.75) is 13.0 Å². The molecule has 2 aromatic carbocycles. The normalized spacial score (nSPS) is 11.7. The van der Waals surface area contributed by atoms with E-state index < -0.39 is 17.7 Å². The van der Waals surface area contributed by atoms with E-state index in [0.717, 1.165) is 0 Å². The summed E-state index contributed by atoms with van der Waals surface area (Å²) in [6.45, 7) is 1.22. The minimum atomic E-state index is -1.45. The van der Waals surface area contributed by atoms with Gasteiger partial charge in [-0.3, -0.25) is 9.59 Å². The predicted molar refractivity (Wildman–Crippen MR) is 117 cm³/mol. The Labute approximate surface area is 189 Å². The standard InChI is InChI=1S/C20H21Cl2N3O6/c1-10(26)16(24-25-17-14(28-2)8-11(21)9-15(17)29-3)20(27)23-13-7-6-12(22)18(30-4)19(13)31-5/h6-9,16H,1-5H3,(H,23,27). The Kier molecular flexibility index (Phi) is 8.47. The minimum absolute atomic E-state index is 0.180. The summed E-state index contributed by atoms with van der Waals surface area (Å²) in [7, 11) is 5.64. The molecule has 0 heterocycles. The number of hydrogen-bond donors (Lipinski definition) is 1. The highest BCUT2D eigenvalue weighted by Crippen LogP contribution is 2.42. The van der Waals surface area contributed by atoms with Gasteiger partial charge in [-0.25, -0.2) is 0 Å². The monoisotopic (exact) mass is 469 g/mol. The molecule has 1 N–H and O–H groups in total. The van der Waals surface area contributed by atoms with E-state index in [4.69, 9.17) is 42.1 Å². The van der Waals surface area contributed by atoms with Gasteiger partial charge < -0.3 is 24.3 Å². The highest BCUT2D eigenvalue weighted by atomic mass is 35.5. The number of carbonyl (C=O) groups excluding carboxylic acids is 2. The van der Waals surface area contributed by atoms with Crippen LogP contribution in [0.4, 0.5) is 11.4 Å². The molecule has 2 rings (SSSR count). The van der Waals surface area contributed by atoms with Crippen molar-refractivity contribution in [2.24, 2.45) is 10.2 Å². The lowest BCUT2D eigenvalue weighted by Crippen LogP contribution is -2.32. The van der Waals surface area contributed by atoms with E-state index in [2.05, 4.69) is 15.5 Å². The summed E-state index contributed by atoms with van der Waals surface area (Å²) >= 11 is 12.1. The molecule has 9 nitrogen and oxygen atoms in total. The molecule has 0 aliphatic heterocycles. The van der Waals surface area contributed by atoms with Crippen LogP contribution in [0, 0.1) is 0 Å². The molecule has 0 aromatic heterocycles. The topological polar surface area (TPSA) is 108 Å². The molecule has 0 aliphatic rings. The van der Waals surface area contributed by atoms with Crippen LogP contribution in [0.15, 0.2) is 34.5 Å². The van der Waals surface area contributed by atoms with E-state index in [9.17, 15) is 9.59 Å². The van der Waals surface area contributed by atoms with Crippen LogP contribution in [-0.4, -0.2) is 46.2 Å². The van der Waals surface area contributed by atoms with Crippen LogP contribution in [0.3, 0.4) is 0 Å². The van der Waals surface area contributed by atoms with Crippen molar-refractivity contribution in [1.82, 2.24) is 0 Å². The number of ether oxygens (including phenoxy) is 4. The molecule has 0 radical (unpaired) electrons. The molecule has 11 heteroatoms. The maximum absolute atomic E-state index is 12.8. The summed E-state index contributed by atoms with van der Waals surface area (Å²) in [6, 6.07) is 4.60. The number of amides is 1. The SMILES string of the molecule is COc1cc(Cl)cc(OC)c1N=NC(C(C)=O)C(=O)Nc1ccc(Cl)c(OC)c1OC. The Hall–Kier alpha value is -3.04. The molecule has 1 atom stereocenters. The Balaban J connectivity index is 2.39. The molecule has 0 bridgehead atoms. The molecular weight excluding hydrogens is 449 g/mol. The van der Waals surface area contributed by atoms with Gasteiger partial charge in [0.1, 0.15) is 0 Å². The van der Waals surface area contributed by atoms with E-state index in [1.807, 2.05) is 0 Å². The maximum Gasteiger partial charge on any atom is 0.258 e. The van der Waals surface area contributed by atoms with Crippen molar-refractivity contribution in [3.8, 4) is 23.0 Å². The second-order valence-electron chi connectivity index (χ2n) is 6.04. The summed E-state index contributed by atoms with van der Waals surface area (Å²) in [5.74, 6) is -0.305. The van der Waals surface area contributed by atoms with Crippen molar-refractivity contribution in [2.75, 3.05) is 33.8 Å². The van der Waals surface area contributed by atoms with E-state index >= 15 is 0 Å². The lowest BCUT2D eigenvalue weighted by atomic mass is 10.2. The average Bonchev–Trinajstić information content (AvgIpc) is 2.74. The Bertz CT molecular complexity index is 988. The molecule has 166 valence electrons. The summed E-state index contributed by atoms with van der Waals surface area (Å²) < 4.78 is 21.0. The van der Waals surface area contributed by atoms with Crippen molar-refractivity contribution in [3.05, 3.63) is 34.3 Å². The summed E-state index contributed by atoms with van der Waals surface area (Å²) in [4.78, 5) is 24.9. The predicted octanol–water partition coefficient (Wildman–Crippen LogP) is 4.71. The van der Waals surface area contributed by atoms with Gasteiger partial charge in [-0.15, -0.1) is 5.11 Å². The van der Waals surface area contributed by atoms with Gasteiger partial charge in [0.2, 0.25) is 6.04 Å². The van der Waals surface area contributed by atoms with Crippen LogP contribution >= 0.6 is 23.2 Å². The lowest BCUT2D eigenvalue weighted by molar-refractivity contribution is -0.126.